The molecule has 0 radical (unpaired) electrons. The van der Waals surface area contributed by atoms with Crippen LogP contribution in [0.4, 0.5) is 0 Å². The van der Waals surface area contributed by atoms with Crippen molar-refractivity contribution in [2.24, 2.45) is 5.92 Å². The maximum absolute atomic E-state index is 12.1. The SMILES string of the molecule is CC(C)(C)S(=O)(=O)N1CCC(C(=O)O)CC1. The van der Waals surface area contributed by atoms with Crippen molar-refractivity contribution in [2.75, 3.05) is 13.1 Å². The molecular weight excluding hydrogens is 230 g/mol. The Morgan fingerprint density at radius 1 is 1.25 bits per heavy atom. The van der Waals surface area contributed by atoms with Crippen LogP contribution in [0.1, 0.15) is 33.6 Å². The van der Waals surface area contributed by atoms with Crippen LogP contribution in [0.2, 0.25) is 0 Å². The molecule has 0 atom stereocenters. The van der Waals surface area contributed by atoms with Gasteiger partial charge in [0.1, 0.15) is 0 Å². The lowest BCUT2D eigenvalue weighted by molar-refractivity contribution is -0.142. The third-order valence-electron chi connectivity index (χ3n) is 2.92. The van der Waals surface area contributed by atoms with E-state index in [1.165, 1.54) is 4.31 Å². The Bertz CT molecular complexity index is 361. The summed E-state index contributed by atoms with van der Waals surface area (Å²) in [6.45, 7) is 5.61. The predicted molar refractivity (Wildman–Crippen MR) is 60.6 cm³/mol. The molecule has 0 aromatic carbocycles. The fourth-order valence-electron chi connectivity index (χ4n) is 1.73. The number of hydrogen-bond donors (Lipinski definition) is 1. The quantitative estimate of drug-likeness (QED) is 0.789. The van der Waals surface area contributed by atoms with Gasteiger partial charge in [-0.15, -0.1) is 0 Å². The minimum absolute atomic E-state index is 0.316. The summed E-state index contributed by atoms with van der Waals surface area (Å²) < 4.78 is 24.7. The van der Waals surface area contributed by atoms with Gasteiger partial charge >= 0.3 is 5.97 Å². The molecule has 1 heterocycles. The zero-order chi connectivity index (χ0) is 12.6. The van der Waals surface area contributed by atoms with Gasteiger partial charge in [0, 0.05) is 13.1 Å². The summed E-state index contributed by atoms with van der Waals surface area (Å²) in [5.41, 5.74) is 0. The van der Waals surface area contributed by atoms with Crippen LogP contribution >= 0.6 is 0 Å². The molecular formula is C10H19NO4S. The number of hydrogen-bond acceptors (Lipinski definition) is 3. The summed E-state index contributed by atoms with van der Waals surface area (Å²) in [4.78, 5) is 10.7. The highest BCUT2D eigenvalue weighted by molar-refractivity contribution is 7.90. The van der Waals surface area contributed by atoms with Crippen molar-refractivity contribution >= 4 is 16.0 Å². The molecule has 0 aliphatic carbocycles. The summed E-state index contributed by atoms with van der Waals surface area (Å²) in [6, 6.07) is 0. The van der Waals surface area contributed by atoms with Gasteiger partial charge in [-0.3, -0.25) is 4.79 Å². The summed E-state index contributed by atoms with van der Waals surface area (Å²) in [5, 5.41) is 8.82. The van der Waals surface area contributed by atoms with Crippen LogP contribution in [0.3, 0.4) is 0 Å². The zero-order valence-electron chi connectivity index (χ0n) is 9.93. The molecule has 1 rings (SSSR count). The lowest BCUT2D eigenvalue weighted by atomic mass is 9.99. The van der Waals surface area contributed by atoms with Crippen LogP contribution in [0, 0.1) is 5.92 Å². The Kier molecular flexibility index (Phi) is 3.64. The van der Waals surface area contributed by atoms with Crippen LogP contribution in [-0.4, -0.2) is 41.6 Å². The lowest BCUT2D eigenvalue weighted by Crippen LogP contribution is -2.47. The zero-order valence-corrected chi connectivity index (χ0v) is 10.7. The molecule has 94 valence electrons. The van der Waals surface area contributed by atoms with Crippen LogP contribution in [0.25, 0.3) is 0 Å². The molecule has 0 aromatic heterocycles. The van der Waals surface area contributed by atoms with Crippen molar-refractivity contribution in [1.82, 2.24) is 4.31 Å². The number of carbonyl (C=O) groups is 1. The van der Waals surface area contributed by atoms with E-state index in [9.17, 15) is 13.2 Å². The van der Waals surface area contributed by atoms with Gasteiger partial charge in [-0.1, -0.05) is 0 Å². The fraction of sp³-hybridized carbons (Fsp3) is 0.900. The van der Waals surface area contributed by atoms with E-state index in [2.05, 4.69) is 0 Å². The Morgan fingerprint density at radius 3 is 2.00 bits per heavy atom. The molecule has 1 fully saturated rings. The molecule has 1 aliphatic rings. The largest absolute Gasteiger partial charge is 0.481 e. The highest BCUT2D eigenvalue weighted by Crippen LogP contribution is 2.26. The normalized spacial score (nSPS) is 20.9. The summed E-state index contributed by atoms with van der Waals surface area (Å²) >= 11 is 0. The smallest absolute Gasteiger partial charge is 0.306 e. The van der Waals surface area contributed by atoms with E-state index in [-0.39, 0.29) is 0 Å². The Hall–Kier alpha value is -0.620. The molecule has 0 bridgehead atoms. The van der Waals surface area contributed by atoms with Crippen LogP contribution in [0.5, 0.6) is 0 Å². The molecule has 0 saturated carbocycles. The molecule has 5 nitrogen and oxygen atoms in total. The molecule has 6 heteroatoms. The van der Waals surface area contributed by atoms with E-state index in [4.69, 9.17) is 5.11 Å². The summed E-state index contributed by atoms with van der Waals surface area (Å²) in [5.74, 6) is -1.22. The average molecular weight is 249 g/mol. The molecule has 1 N–H and O–H groups in total. The van der Waals surface area contributed by atoms with E-state index in [1.54, 1.807) is 20.8 Å². The van der Waals surface area contributed by atoms with E-state index in [0.29, 0.717) is 25.9 Å². The molecule has 16 heavy (non-hydrogen) atoms. The molecule has 1 saturated heterocycles. The number of piperidine rings is 1. The Morgan fingerprint density at radius 2 is 1.69 bits per heavy atom. The van der Waals surface area contributed by atoms with E-state index in [0.717, 1.165) is 0 Å². The number of sulfonamides is 1. The first-order valence-corrected chi connectivity index (χ1v) is 6.83. The van der Waals surface area contributed by atoms with Crippen LogP contribution < -0.4 is 0 Å². The highest BCUT2D eigenvalue weighted by Gasteiger charge is 2.38. The first kappa shape index (κ1) is 13.4. The molecule has 0 aromatic rings. The monoisotopic (exact) mass is 249 g/mol. The third-order valence-corrected chi connectivity index (χ3v) is 5.51. The van der Waals surface area contributed by atoms with Crippen LogP contribution in [-0.2, 0) is 14.8 Å². The summed E-state index contributed by atoms with van der Waals surface area (Å²) in [6.07, 6.45) is 0.815. The van der Waals surface area contributed by atoms with E-state index < -0.39 is 26.7 Å². The molecule has 0 unspecified atom stereocenters. The van der Waals surface area contributed by atoms with Crippen molar-refractivity contribution < 1.29 is 18.3 Å². The molecule has 0 spiro atoms. The van der Waals surface area contributed by atoms with Gasteiger partial charge in [-0.05, 0) is 33.6 Å². The highest BCUT2D eigenvalue weighted by atomic mass is 32.2. The van der Waals surface area contributed by atoms with Crippen LogP contribution in [0.15, 0.2) is 0 Å². The maximum atomic E-state index is 12.1. The topological polar surface area (TPSA) is 74.7 Å². The first-order chi connectivity index (χ1) is 7.16. The number of nitrogens with zero attached hydrogens (tertiary/aromatic N) is 1. The third kappa shape index (κ3) is 2.55. The number of aliphatic carboxylic acids is 1. The number of carboxylic acid groups (broad SMARTS) is 1. The van der Waals surface area contributed by atoms with E-state index >= 15 is 0 Å². The minimum Gasteiger partial charge on any atom is -0.481 e. The predicted octanol–water partition coefficient (Wildman–Crippen LogP) is 0.911. The number of carboxylic acids is 1. The van der Waals surface area contributed by atoms with Gasteiger partial charge in [-0.2, -0.15) is 0 Å². The van der Waals surface area contributed by atoms with Gasteiger partial charge in [0.05, 0.1) is 10.7 Å². The van der Waals surface area contributed by atoms with Crippen molar-refractivity contribution in [1.29, 1.82) is 0 Å². The second kappa shape index (κ2) is 4.33. The van der Waals surface area contributed by atoms with Gasteiger partial charge in [0.2, 0.25) is 10.0 Å². The van der Waals surface area contributed by atoms with Gasteiger partial charge < -0.3 is 5.11 Å². The van der Waals surface area contributed by atoms with Gasteiger partial charge in [-0.25, -0.2) is 12.7 Å². The lowest BCUT2D eigenvalue weighted by Gasteiger charge is -2.34. The second-order valence-electron chi connectivity index (χ2n) is 5.13. The minimum atomic E-state index is -3.31. The van der Waals surface area contributed by atoms with Crippen molar-refractivity contribution in [3.8, 4) is 0 Å². The van der Waals surface area contributed by atoms with Gasteiger partial charge in [0.25, 0.3) is 0 Å². The first-order valence-electron chi connectivity index (χ1n) is 5.39. The maximum Gasteiger partial charge on any atom is 0.306 e. The molecule has 0 amide bonds. The number of rotatable bonds is 2. The van der Waals surface area contributed by atoms with E-state index in [1.807, 2.05) is 0 Å². The fourth-order valence-corrected chi connectivity index (χ4v) is 3.20. The van der Waals surface area contributed by atoms with Crippen molar-refractivity contribution in [3.05, 3.63) is 0 Å². The Labute approximate surface area is 96.5 Å². The molecule has 1 aliphatic heterocycles. The van der Waals surface area contributed by atoms with Crippen molar-refractivity contribution in [3.63, 3.8) is 0 Å². The summed E-state index contributed by atoms with van der Waals surface area (Å²) in [7, 11) is -3.31. The average Bonchev–Trinajstić information content (AvgIpc) is 2.16. The second-order valence-corrected chi connectivity index (χ2v) is 7.82. The Balaban J connectivity index is 2.72. The van der Waals surface area contributed by atoms with Gasteiger partial charge in [0.15, 0.2) is 0 Å². The van der Waals surface area contributed by atoms with Crippen molar-refractivity contribution in [2.45, 2.75) is 38.4 Å². The standard InChI is InChI=1S/C10H19NO4S/c1-10(2,3)16(14,15)11-6-4-8(5-7-11)9(12)13/h8H,4-7H2,1-3H3,(H,12,13).